The summed E-state index contributed by atoms with van der Waals surface area (Å²) in [5.41, 5.74) is 0.901. The van der Waals surface area contributed by atoms with Gasteiger partial charge in [0.15, 0.2) is 0 Å². The maximum atomic E-state index is 12.6. The Bertz CT molecular complexity index is 742. The first-order valence-electron chi connectivity index (χ1n) is 9.52. The Morgan fingerprint density at radius 1 is 1.04 bits per heavy atom. The van der Waals surface area contributed by atoms with E-state index in [1.807, 2.05) is 24.3 Å². The number of rotatable bonds is 3. The molecule has 3 aliphatic rings. The van der Waals surface area contributed by atoms with Gasteiger partial charge in [0, 0.05) is 24.5 Å². The zero-order chi connectivity index (χ0) is 18.1. The number of carbonyl (C=O) groups is 2. The van der Waals surface area contributed by atoms with Gasteiger partial charge in [-0.2, -0.15) is 0 Å². The normalized spacial score (nSPS) is 22.0. The molecule has 6 heteroatoms. The maximum Gasteiger partial charge on any atom is 0.264 e. The van der Waals surface area contributed by atoms with Crippen LogP contribution in [0.25, 0.3) is 0 Å². The molecule has 0 bridgehead atoms. The van der Waals surface area contributed by atoms with Crippen molar-refractivity contribution in [2.24, 2.45) is 0 Å². The second kappa shape index (κ2) is 6.67. The molecule has 6 nitrogen and oxygen atoms in total. The summed E-state index contributed by atoms with van der Waals surface area (Å²) in [5, 5.41) is 16.1. The molecule has 2 amide bonds. The molecule has 138 valence electrons. The second-order valence-electron chi connectivity index (χ2n) is 7.52. The quantitative estimate of drug-likeness (QED) is 0.728. The zero-order valence-electron chi connectivity index (χ0n) is 14.9. The lowest BCUT2D eigenvalue weighted by molar-refractivity contribution is -0.121. The van der Waals surface area contributed by atoms with Gasteiger partial charge >= 0.3 is 0 Å². The van der Waals surface area contributed by atoms with Crippen LogP contribution >= 0.6 is 0 Å². The van der Waals surface area contributed by atoms with Gasteiger partial charge in [0.05, 0.1) is 5.54 Å². The Kier molecular flexibility index (Phi) is 4.34. The maximum absolute atomic E-state index is 12.6. The molecule has 4 rings (SSSR count). The third-order valence-electron chi connectivity index (χ3n) is 5.80. The van der Waals surface area contributed by atoms with Gasteiger partial charge in [-0.3, -0.25) is 9.59 Å². The van der Waals surface area contributed by atoms with E-state index in [0.29, 0.717) is 18.5 Å². The molecule has 1 spiro atoms. The van der Waals surface area contributed by atoms with Crippen LogP contribution in [0.5, 0.6) is 0 Å². The van der Waals surface area contributed by atoms with Crippen LogP contribution in [-0.4, -0.2) is 35.5 Å². The SMILES string of the molecule is O=C(Nc1ccc(N2CCCCC2)cc1)C1=C(O)C2(CCCC2)NC1=O. The first kappa shape index (κ1) is 16.9. The van der Waals surface area contributed by atoms with Gasteiger partial charge in [0.2, 0.25) is 0 Å². The molecule has 2 fully saturated rings. The first-order chi connectivity index (χ1) is 12.6. The summed E-state index contributed by atoms with van der Waals surface area (Å²) in [4.78, 5) is 27.1. The largest absolute Gasteiger partial charge is 0.509 e. The summed E-state index contributed by atoms with van der Waals surface area (Å²) in [5.74, 6) is -1.12. The highest BCUT2D eigenvalue weighted by molar-refractivity contribution is 6.25. The van der Waals surface area contributed by atoms with E-state index in [9.17, 15) is 14.7 Å². The molecule has 0 atom stereocenters. The first-order valence-corrected chi connectivity index (χ1v) is 9.52. The average molecular weight is 355 g/mol. The van der Waals surface area contributed by atoms with Crippen molar-refractivity contribution in [3.05, 3.63) is 35.6 Å². The van der Waals surface area contributed by atoms with Crippen molar-refractivity contribution in [3.63, 3.8) is 0 Å². The lowest BCUT2D eigenvalue weighted by Gasteiger charge is -2.28. The van der Waals surface area contributed by atoms with Gasteiger partial charge in [0.1, 0.15) is 11.3 Å². The molecule has 1 aliphatic carbocycles. The van der Waals surface area contributed by atoms with Crippen LogP contribution in [0.2, 0.25) is 0 Å². The van der Waals surface area contributed by atoms with Gasteiger partial charge in [-0.05, 0) is 56.4 Å². The highest BCUT2D eigenvalue weighted by Gasteiger charge is 2.49. The molecule has 3 N–H and O–H groups in total. The Hall–Kier alpha value is -2.50. The van der Waals surface area contributed by atoms with Crippen molar-refractivity contribution in [2.45, 2.75) is 50.5 Å². The number of amides is 2. The number of hydrogen-bond donors (Lipinski definition) is 3. The van der Waals surface area contributed by atoms with E-state index >= 15 is 0 Å². The molecular weight excluding hydrogens is 330 g/mol. The smallest absolute Gasteiger partial charge is 0.264 e. The van der Waals surface area contributed by atoms with Crippen LogP contribution in [-0.2, 0) is 9.59 Å². The molecular formula is C20H25N3O3. The third-order valence-corrected chi connectivity index (χ3v) is 5.80. The predicted molar refractivity (Wildman–Crippen MR) is 100 cm³/mol. The minimum Gasteiger partial charge on any atom is -0.509 e. The van der Waals surface area contributed by atoms with E-state index in [1.54, 1.807) is 0 Å². The predicted octanol–water partition coefficient (Wildman–Crippen LogP) is 2.87. The van der Waals surface area contributed by atoms with E-state index < -0.39 is 17.4 Å². The van der Waals surface area contributed by atoms with Crippen LogP contribution in [0.4, 0.5) is 11.4 Å². The molecule has 1 aromatic carbocycles. The molecule has 2 heterocycles. The summed E-state index contributed by atoms with van der Waals surface area (Å²) in [7, 11) is 0. The molecule has 2 aliphatic heterocycles. The number of nitrogens with one attached hydrogen (secondary N) is 2. The van der Waals surface area contributed by atoms with Crippen molar-refractivity contribution in [2.75, 3.05) is 23.3 Å². The topological polar surface area (TPSA) is 81.7 Å². The summed E-state index contributed by atoms with van der Waals surface area (Å²) >= 11 is 0. The summed E-state index contributed by atoms with van der Waals surface area (Å²) in [6, 6.07) is 7.67. The molecule has 0 unspecified atom stereocenters. The highest BCUT2D eigenvalue weighted by atomic mass is 16.3. The van der Waals surface area contributed by atoms with Crippen LogP contribution in [0, 0.1) is 0 Å². The Labute approximate surface area is 153 Å². The molecule has 0 radical (unpaired) electrons. The van der Waals surface area contributed by atoms with Crippen LogP contribution < -0.4 is 15.5 Å². The van der Waals surface area contributed by atoms with Gasteiger partial charge in [-0.15, -0.1) is 0 Å². The molecule has 0 aromatic heterocycles. The Morgan fingerprint density at radius 3 is 2.35 bits per heavy atom. The highest BCUT2D eigenvalue weighted by Crippen LogP contribution is 2.39. The Morgan fingerprint density at radius 2 is 1.69 bits per heavy atom. The standard InChI is InChI=1S/C20H25N3O3/c24-17-16(19(26)22-20(17)10-2-3-11-20)18(25)21-14-6-8-15(9-7-14)23-12-4-1-5-13-23/h6-9,24H,1-5,10-13H2,(H,21,25)(H,22,26). The van der Waals surface area contributed by atoms with Crippen LogP contribution in [0.15, 0.2) is 35.6 Å². The van der Waals surface area contributed by atoms with Crippen molar-refractivity contribution in [1.29, 1.82) is 0 Å². The lowest BCUT2D eigenvalue weighted by atomic mass is 9.96. The van der Waals surface area contributed by atoms with E-state index in [4.69, 9.17) is 0 Å². The zero-order valence-corrected chi connectivity index (χ0v) is 14.9. The van der Waals surface area contributed by atoms with Crippen LogP contribution in [0.3, 0.4) is 0 Å². The number of anilines is 2. The van der Waals surface area contributed by atoms with Crippen molar-refractivity contribution < 1.29 is 14.7 Å². The monoisotopic (exact) mass is 355 g/mol. The second-order valence-corrected chi connectivity index (χ2v) is 7.52. The van der Waals surface area contributed by atoms with Crippen LogP contribution in [0.1, 0.15) is 44.9 Å². The van der Waals surface area contributed by atoms with E-state index in [2.05, 4.69) is 15.5 Å². The molecule has 1 saturated carbocycles. The van der Waals surface area contributed by atoms with E-state index in [0.717, 1.165) is 31.6 Å². The third kappa shape index (κ3) is 2.93. The number of aliphatic hydroxyl groups excluding tert-OH is 1. The summed E-state index contributed by atoms with van der Waals surface area (Å²) in [6.45, 7) is 2.13. The van der Waals surface area contributed by atoms with Gasteiger partial charge < -0.3 is 20.6 Å². The van der Waals surface area contributed by atoms with Gasteiger partial charge in [-0.1, -0.05) is 12.8 Å². The lowest BCUT2D eigenvalue weighted by Crippen LogP contribution is -2.42. The summed E-state index contributed by atoms with van der Waals surface area (Å²) < 4.78 is 0. The molecule has 26 heavy (non-hydrogen) atoms. The number of benzene rings is 1. The van der Waals surface area contributed by atoms with Gasteiger partial charge in [-0.25, -0.2) is 0 Å². The summed E-state index contributed by atoms with van der Waals surface area (Å²) in [6.07, 6.45) is 6.96. The number of hydrogen-bond acceptors (Lipinski definition) is 4. The number of piperidine rings is 1. The van der Waals surface area contributed by atoms with Crippen molar-refractivity contribution >= 4 is 23.2 Å². The fraction of sp³-hybridized carbons (Fsp3) is 0.500. The fourth-order valence-electron chi connectivity index (χ4n) is 4.34. The van der Waals surface area contributed by atoms with Crippen molar-refractivity contribution in [1.82, 2.24) is 5.32 Å². The van der Waals surface area contributed by atoms with Crippen molar-refractivity contribution in [3.8, 4) is 0 Å². The average Bonchev–Trinajstić information content (AvgIpc) is 3.21. The minimum atomic E-state index is -0.720. The fourth-order valence-corrected chi connectivity index (χ4v) is 4.34. The molecule has 1 saturated heterocycles. The number of carbonyl (C=O) groups excluding carboxylic acids is 2. The number of nitrogens with zero attached hydrogens (tertiary/aromatic N) is 1. The minimum absolute atomic E-state index is 0.0950. The Balaban J connectivity index is 1.47. The van der Waals surface area contributed by atoms with Gasteiger partial charge in [0.25, 0.3) is 11.8 Å². The number of aliphatic hydroxyl groups is 1. The van der Waals surface area contributed by atoms with E-state index in [1.165, 1.54) is 19.3 Å². The molecule has 1 aromatic rings. The van der Waals surface area contributed by atoms with E-state index in [-0.39, 0.29) is 11.3 Å².